The minimum Gasteiger partial charge on any atom is -0.330 e. The van der Waals surface area contributed by atoms with Gasteiger partial charge in [-0.1, -0.05) is 44.2 Å². The van der Waals surface area contributed by atoms with Crippen LogP contribution < -0.4 is 5.73 Å². The molecule has 0 amide bonds. The quantitative estimate of drug-likeness (QED) is 0.842. The Morgan fingerprint density at radius 3 is 2.12 bits per heavy atom. The van der Waals surface area contributed by atoms with Crippen LogP contribution in [0, 0.1) is 10.8 Å². The Bertz CT molecular complexity index is 343. The van der Waals surface area contributed by atoms with Gasteiger partial charge in [0.1, 0.15) is 0 Å². The molecular formula is C16H25N. The van der Waals surface area contributed by atoms with E-state index in [-0.39, 0.29) is 0 Å². The molecule has 0 aliphatic heterocycles. The highest BCUT2D eigenvalue weighted by molar-refractivity contribution is 5.17. The van der Waals surface area contributed by atoms with Crippen LogP contribution in [0.4, 0.5) is 0 Å². The maximum absolute atomic E-state index is 6.07. The molecule has 1 fully saturated rings. The van der Waals surface area contributed by atoms with Gasteiger partial charge in [-0.05, 0) is 55.0 Å². The molecule has 0 radical (unpaired) electrons. The predicted octanol–water partition coefficient (Wildman–Crippen LogP) is 3.77. The van der Waals surface area contributed by atoms with E-state index < -0.39 is 0 Å². The molecule has 17 heavy (non-hydrogen) atoms. The first-order valence-electron chi connectivity index (χ1n) is 6.79. The Labute approximate surface area is 105 Å². The van der Waals surface area contributed by atoms with Crippen molar-refractivity contribution in [2.45, 2.75) is 46.0 Å². The molecule has 1 aromatic carbocycles. The standard InChI is InChI=1S/C16H25N/c1-15(2)8-10-16(13-17,11-9-15)12-14-6-4-3-5-7-14/h3-7H,8-13,17H2,1-2H3. The van der Waals surface area contributed by atoms with Crippen LogP contribution in [0.5, 0.6) is 0 Å². The van der Waals surface area contributed by atoms with Gasteiger partial charge in [0.25, 0.3) is 0 Å². The Hall–Kier alpha value is -0.820. The number of hydrogen-bond donors (Lipinski definition) is 1. The first-order valence-corrected chi connectivity index (χ1v) is 6.79. The summed E-state index contributed by atoms with van der Waals surface area (Å²) in [7, 11) is 0. The van der Waals surface area contributed by atoms with Crippen molar-refractivity contribution in [1.82, 2.24) is 0 Å². The summed E-state index contributed by atoms with van der Waals surface area (Å²) in [4.78, 5) is 0. The van der Waals surface area contributed by atoms with E-state index in [2.05, 4.69) is 44.2 Å². The van der Waals surface area contributed by atoms with Gasteiger partial charge in [-0.15, -0.1) is 0 Å². The van der Waals surface area contributed by atoms with Crippen molar-refractivity contribution >= 4 is 0 Å². The Kier molecular flexibility index (Phi) is 3.58. The van der Waals surface area contributed by atoms with E-state index in [0.29, 0.717) is 10.8 Å². The largest absolute Gasteiger partial charge is 0.330 e. The Balaban J connectivity index is 2.06. The number of rotatable bonds is 3. The third-order valence-corrected chi connectivity index (χ3v) is 4.52. The van der Waals surface area contributed by atoms with E-state index >= 15 is 0 Å². The lowest BCUT2D eigenvalue weighted by atomic mass is 9.63. The summed E-state index contributed by atoms with van der Waals surface area (Å²) in [5.41, 5.74) is 8.40. The van der Waals surface area contributed by atoms with Crippen molar-refractivity contribution in [3.05, 3.63) is 35.9 Å². The van der Waals surface area contributed by atoms with Gasteiger partial charge in [0.15, 0.2) is 0 Å². The SMILES string of the molecule is CC1(C)CCC(CN)(Cc2ccccc2)CC1. The normalized spacial score (nSPS) is 22.3. The monoisotopic (exact) mass is 231 g/mol. The molecule has 0 bridgehead atoms. The molecule has 1 nitrogen and oxygen atoms in total. The minimum atomic E-state index is 0.358. The lowest BCUT2D eigenvalue weighted by molar-refractivity contribution is 0.108. The average Bonchev–Trinajstić information content (AvgIpc) is 2.34. The van der Waals surface area contributed by atoms with Gasteiger partial charge in [0.05, 0.1) is 0 Å². The van der Waals surface area contributed by atoms with Gasteiger partial charge < -0.3 is 5.73 Å². The van der Waals surface area contributed by atoms with E-state index in [0.717, 1.165) is 13.0 Å². The van der Waals surface area contributed by atoms with Crippen LogP contribution in [-0.4, -0.2) is 6.54 Å². The van der Waals surface area contributed by atoms with Gasteiger partial charge >= 0.3 is 0 Å². The van der Waals surface area contributed by atoms with E-state index in [4.69, 9.17) is 5.73 Å². The maximum atomic E-state index is 6.07. The van der Waals surface area contributed by atoms with Crippen molar-refractivity contribution in [3.63, 3.8) is 0 Å². The van der Waals surface area contributed by atoms with Crippen molar-refractivity contribution in [2.75, 3.05) is 6.54 Å². The number of hydrogen-bond acceptors (Lipinski definition) is 1. The molecule has 0 aromatic heterocycles. The predicted molar refractivity (Wildman–Crippen MR) is 73.9 cm³/mol. The fraction of sp³-hybridized carbons (Fsp3) is 0.625. The molecule has 2 rings (SSSR count). The summed E-state index contributed by atoms with van der Waals surface area (Å²) >= 11 is 0. The van der Waals surface area contributed by atoms with E-state index in [9.17, 15) is 0 Å². The molecule has 2 N–H and O–H groups in total. The second-order valence-electron chi connectivity index (χ2n) is 6.53. The van der Waals surface area contributed by atoms with Crippen LogP contribution in [0.3, 0.4) is 0 Å². The van der Waals surface area contributed by atoms with Crippen LogP contribution in [0.1, 0.15) is 45.1 Å². The summed E-state index contributed by atoms with van der Waals surface area (Å²) in [5.74, 6) is 0. The average molecular weight is 231 g/mol. The second kappa shape index (κ2) is 4.81. The molecule has 0 saturated heterocycles. The van der Waals surface area contributed by atoms with E-state index in [1.165, 1.54) is 31.2 Å². The van der Waals surface area contributed by atoms with E-state index in [1.54, 1.807) is 0 Å². The summed E-state index contributed by atoms with van der Waals surface area (Å²) in [5, 5.41) is 0. The third-order valence-electron chi connectivity index (χ3n) is 4.52. The van der Waals surface area contributed by atoms with Gasteiger partial charge in [0.2, 0.25) is 0 Å². The molecule has 1 heteroatoms. The topological polar surface area (TPSA) is 26.0 Å². The second-order valence-corrected chi connectivity index (χ2v) is 6.53. The first kappa shape index (κ1) is 12.6. The van der Waals surface area contributed by atoms with Gasteiger partial charge in [-0.2, -0.15) is 0 Å². The Morgan fingerprint density at radius 1 is 1.00 bits per heavy atom. The summed E-state index contributed by atoms with van der Waals surface area (Å²) in [6, 6.07) is 10.8. The zero-order chi connectivity index (χ0) is 12.4. The van der Waals surface area contributed by atoms with Crippen LogP contribution in [0.15, 0.2) is 30.3 Å². The zero-order valence-electron chi connectivity index (χ0n) is 11.2. The molecule has 1 aromatic rings. The van der Waals surface area contributed by atoms with Crippen molar-refractivity contribution < 1.29 is 0 Å². The van der Waals surface area contributed by atoms with Crippen molar-refractivity contribution in [2.24, 2.45) is 16.6 Å². The smallest absolute Gasteiger partial charge is 0.00173 e. The van der Waals surface area contributed by atoms with Crippen LogP contribution in [0.2, 0.25) is 0 Å². The lowest BCUT2D eigenvalue weighted by Gasteiger charge is -2.43. The highest BCUT2D eigenvalue weighted by Crippen LogP contribution is 2.46. The molecular weight excluding hydrogens is 206 g/mol. The van der Waals surface area contributed by atoms with Gasteiger partial charge in [0, 0.05) is 0 Å². The fourth-order valence-electron chi connectivity index (χ4n) is 2.94. The van der Waals surface area contributed by atoms with Crippen LogP contribution in [0.25, 0.3) is 0 Å². The minimum absolute atomic E-state index is 0.358. The summed E-state index contributed by atoms with van der Waals surface area (Å²) in [6.07, 6.45) is 6.35. The summed E-state index contributed by atoms with van der Waals surface area (Å²) < 4.78 is 0. The van der Waals surface area contributed by atoms with Crippen molar-refractivity contribution in [1.29, 1.82) is 0 Å². The molecule has 1 aliphatic rings. The molecule has 1 aliphatic carbocycles. The Morgan fingerprint density at radius 2 is 1.59 bits per heavy atom. The molecule has 94 valence electrons. The number of nitrogens with two attached hydrogens (primary N) is 1. The first-order chi connectivity index (χ1) is 8.05. The fourth-order valence-corrected chi connectivity index (χ4v) is 2.94. The molecule has 0 unspecified atom stereocenters. The van der Waals surface area contributed by atoms with Gasteiger partial charge in [-0.25, -0.2) is 0 Å². The molecule has 0 spiro atoms. The summed E-state index contributed by atoms with van der Waals surface area (Å²) in [6.45, 7) is 5.60. The van der Waals surface area contributed by atoms with Crippen LogP contribution >= 0.6 is 0 Å². The highest BCUT2D eigenvalue weighted by Gasteiger charge is 2.37. The van der Waals surface area contributed by atoms with E-state index in [1.807, 2.05) is 0 Å². The van der Waals surface area contributed by atoms with Gasteiger partial charge in [-0.3, -0.25) is 0 Å². The lowest BCUT2D eigenvalue weighted by Crippen LogP contribution is -2.38. The molecule has 0 heterocycles. The van der Waals surface area contributed by atoms with Crippen molar-refractivity contribution in [3.8, 4) is 0 Å². The highest BCUT2D eigenvalue weighted by atomic mass is 14.6. The molecule has 1 saturated carbocycles. The zero-order valence-corrected chi connectivity index (χ0v) is 11.2. The molecule has 0 atom stereocenters. The van der Waals surface area contributed by atoms with Crippen LogP contribution in [-0.2, 0) is 6.42 Å². The third kappa shape index (κ3) is 3.10. The number of benzene rings is 1. The maximum Gasteiger partial charge on any atom is -0.00173 e.